The number of carbonyl (C=O) groups excluding carboxylic acids is 2. The minimum atomic E-state index is -0.461. The standard InChI is InChI=1S/C19H19ClN6O2S/c1-11-7-8-14(20)9-17(11)22-18(28)12(2)29-19-23-24-25-26(19)16-6-4-5-15(10-16)21-13(3)27/h4-10,12H,1-3H3,(H,21,27)(H,22,28). The highest BCUT2D eigenvalue weighted by Gasteiger charge is 2.20. The van der Waals surface area contributed by atoms with E-state index in [1.54, 1.807) is 37.3 Å². The summed E-state index contributed by atoms with van der Waals surface area (Å²) in [6, 6.07) is 12.4. The van der Waals surface area contributed by atoms with E-state index in [1.807, 2.05) is 19.1 Å². The maximum atomic E-state index is 12.6. The first-order valence-corrected chi connectivity index (χ1v) is 9.99. The SMILES string of the molecule is CC(=O)Nc1cccc(-n2nnnc2SC(C)C(=O)Nc2cc(Cl)ccc2C)c1. The lowest BCUT2D eigenvalue weighted by molar-refractivity contribution is -0.115. The van der Waals surface area contributed by atoms with Crippen LogP contribution >= 0.6 is 23.4 Å². The lowest BCUT2D eigenvalue weighted by atomic mass is 10.2. The quantitative estimate of drug-likeness (QED) is 0.578. The van der Waals surface area contributed by atoms with Crippen molar-refractivity contribution in [3.8, 4) is 5.69 Å². The van der Waals surface area contributed by atoms with Crippen LogP contribution in [0.3, 0.4) is 0 Å². The summed E-state index contributed by atoms with van der Waals surface area (Å²) in [4.78, 5) is 23.9. The molecule has 0 radical (unpaired) electrons. The minimum Gasteiger partial charge on any atom is -0.326 e. The van der Waals surface area contributed by atoms with Crippen LogP contribution in [0.5, 0.6) is 0 Å². The molecule has 0 fully saturated rings. The molecule has 1 aromatic heterocycles. The van der Waals surface area contributed by atoms with Gasteiger partial charge in [-0.2, -0.15) is 4.68 Å². The third-order valence-electron chi connectivity index (χ3n) is 3.96. The topological polar surface area (TPSA) is 102 Å². The van der Waals surface area contributed by atoms with Crippen molar-refractivity contribution in [3.05, 3.63) is 53.1 Å². The Morgan fingerprint density at radius 3 is 2.72 bits per heavy atom. The molecule has 8 nitrogen and oxygen atoms in total. The Morgan fingerprint density at radius 1 is 1.17 bits per heavy atom. The fourth-order valence-corrected chi connectivity index (χ4v) is 3.49. The van der Waals surface area contributed by atoms with Gasteiger partial charge in [-0.25, -0.2) is 0 Å². The molecule has 1 atom stereocenters. The zero-order chi connectivity index (χ0) is 21.0. The zero-order valence-electron chi connectivity index (χ0n) is 16.0. The Hall–Kier alpha value is -2.91. The molecular weight excluding hydrogens is 412 g/mol. The molecule has 1 heterocycles. The predicted molar refractivity (Wildman–Crippen MR) is 114 cm³/mol. The number of aryl methyl sites for hydroxylation is 1. The Kier molecular flexibility index (Phi) is 6.50. The second-order valence-corrected chi connectivity index (χ2v) is 8.06. The van der Waals surface area contributed by atoms with Crippen molar-refractivity contribution in [2.45, 2.75) is 31.2 Å². The van der Waals surface area contributed by atoms with Crippen LogP contribution in [0.1, 0.15) is 19.4 Å². The number of carbonyl (C=O) groups is 2. The van der Waals surface area contributed by atoms with Gasteiger partial charge < -0.3 is 10.6 Å². The van der Waals surface area contributed by atoms with E-state index < -0.39 is 5.25 Å². The van der Waals surface area contributed by atoms with Gasteiger partial charge in [0, 0.05) is 23.3 Å². The van der Waals surface area contributed by atoms with Crippen LogP contribution in [0.4, 0.5) is 11.4 Å². The summed E-state index contributed by atoms with van der Waals surface area (Å²) in [6.07, 6.45) is 0. The highest BCUT2D eigenvalue weighted by Crippen LogP contribution is 2.26. The van der Waals surface area contributed by atoms with Crippen LogP contribution in [-0.4, -0.2) is 37.3 Å². The number of amides is 2. The summed E-state index contributed by atoms with van der Waals surface area (Å²) in [5.41, 5.74) is 2.88. The summed E-state index contributed by atoms with van der Waals surface area (Å²) in [7, 11) is 0. The molecule has 2 N–H and O–H groups in total. The van der Waals surface area contributed by atoms with Gasteiger partial charge >= 0.3 is 0 Å². The molecule has 29 heavy (non-hydrogen) atoms. The average molecular weight is 431 g/mol. The second-order valence-electron chi connectivity index (χ2n) is 6.31. The van der Waals surface area contributed by atoms with E-state index in [2.05, 4.69) is 26.2 Å². The molecule has 0 spiro atoms. The Labute approximate surface area is 177 Å². The Bertz CT molecular complexity index is 1050. The molecule has 3 rings (SSSR count). The fourth-order valence-electron chi connectivity index (χ4n) is 2.51. The number of aromatic nitrogens is 4. The predicted octanol–water partition coefficient (Wildman–Crippen LogP) is 3.70. The molecule has 3 aromatic rings. The second kappa shape index (κ2) is 9.06. The van der Waals surface area contributed by atoms with Gasteiger partial charge in [-0.15, -0.1) is 5.10 Å². The average Bonchev–Trinajstić information content (AvgIpc) is 3.12. The van der Waals surface area contributed by atoms with Gasteiger partial charge in [-0.3, -0.25) is 9.59 Å². The van der Waals surface area contributed by atoms with Crippen molar-refractivity contribution >= 4 is 46.6 Å². The van der Waals surface area contributed by atoms with Crippen molar-refractivity contribution in [2.24, 2.45) is 0 Å². The number of nitrogens with zero attached hydrogens (tertiary/aromatic N) is 4. The third kappa shape index (κ3) is 5.33. The van der Waals surface area contributed by atoms with Crippen molar-refractivity contribution in [1.29, 1.82) is 0 Å². The number of benzene rings is 2. The van der Waals surface area contributed by atoms with Gasteiger partial charge in [-0.05, 0) is 60.2 Å². The van der Waals surface area contributed by atoms with Crippen LogP contribution in [0.2, 0.25) is 5.02 Å². The van der Waals surface area contributed by atoms with Gasteiger partial charge in [0.15, 0.2) is 0 Å². The first kappa shape index (κ1) is 20.8. The normalized spacial score (nSPS) is 11.7. The monoisotopic (exact) mass is 430 g/mol. The molecule has 0 aliphatic carbocycles. The van der Waals surface area contributed by atoms with E-state index in [0.29, 0.717) is 27.2 Å². The molecule has 2 amide bonds. The van der Waals surface area contributed by atoms with E-state index in [0.717, 1.165) is 5.56 Å². The van der Waals surface area contributed by atoms with E-state index >= 15 is 0 Å². The summed E-state index contributed by atoms with van der Waals surface area (Å²) in [6.45, 7) is 5.10. The Morgan fingerprint density at radius 2 is 1.97 bits per heavy atom. The highest BCUT2D eigenvalue weighted by atomic mass is 35.5. The minimum absolute atomic E-state index is 0.171. The molecule has 0 aliphatic rings. The van der Waals surface area contributed by atoms with Crippen LogP contribution < -0.4 is 10.6 Å². The number of thioether (sulfide) groups is 1. The molecule has 10 heteroatoms. The lowest BCUT2D eigenvalue weighted by Gasteiger charge is -2.13. The van der Waals surface area contributed by atoms with Crippen LogP contribution in [0.25, 0.3) is 5.69 Å². The molecule has 0 saturated carbocycles. The molecule has 2 aromatic carbocycles. The maximum Gasteiger partial charge on any atom is 0.237 e. The van der Waals surface area contributed by atoms with Crippen molar-refractivity contribution in [2.75, 3.05) is 10.6 Å². The van der Waals surface area contributed by atoms with E-state index in [4.69, 9.17) is 11.6 Å². The number of rotatable bonds is 6. The smallest absolute Gasteiger partial charge is 0.237 e. The van der Waals surface area contributed by atoms with Crippen LogP contribution in [-0.2, 0) is 9.59 Å². The number of tetrazole rings is 1. The van der Waals surface area contributed by atoms with Crippen LogP contribution in [0.15, 0.2) is 47.6 Å². The highest BCUT2D eigenvalue weighted by molar-refractivity contribution is 8.00. The van der Waals surface area contributed by atoms with Gasteiger partial charge in [0.2, 0.25) is 17.0 Å². The fraction of sp³-hybridized carbons (Fsp3) is 0.211. The summed E-state index contributed by atoms with van der Waals surface area (Å²) in [5.74, 6) is -0.364. The van der Waals surface area contributed by atoms with E-state index in [-0.39, 0.29) is 11.8 Å². The van der Waals surface area contributed by atoms with Crippen molar-refractivity contribution in [1.82, 2.24) is 20.2 Å². The van der Waals surface area contributed by atoms with E-state index in [1.165, 1.54) is 23.4 Å². The third-order valence-corrected chi connectivity index (χ3v) is 5.23. The van der Waals surface area contributed by atoms with Gasteiger partial charge in [0.25, 0.3) is 0 Å². The van der Waals surface area contributed by atoms with Gasteiger partial charge in [0.1, 0.15) is 0 Å². The number of hydrogen-bond acceptors (Lipinski definition) is 6. The Balaban J connectivity index is 1.75. The van der Waals surface area contributed by atoms with Gasteiger partial charge in [0.05, 0.1) is 10.9 Å². The number of anilines is 2. The zero-order valence-corrected chi connectivity index (χ0v) is 17.6. The molecule has 0 saturated heterocycles. The van der Waals surface area contributed by atoms with Crippen molar-refractivity contribution in [3.63, 3.8) is 0 Å². The first-order chi connectivity index (χ1) is 13.8. The number of halogens is 1. The van der Waals surface area contributed by atoms with Crippen molar-refractivity contribution < 1.29 is 9.59 Å². The lowest BCUT2D eigenvalue weighted by Crippen LogP contribution is -2.23. The number of nitrogens with one attached hydrogen (secondary N) is 2. The summed E-state index contributed by atoms with van der Waals surface area (Å²) < 4.78 is 1.52. The largest absolute Gasteiger partial charge is 0.326 e. The molecule has 1 unspecified atom stereocenters. The number of hydrogen-bond donors (Lipinski definition) is 2. The molecule has 150 valence electrons. The molecular formula is C19H19ClN6O2S. The van der Waals surface area contributed by atoms with E-state index in [9.17, 15) is 9.59 Å². The van der Waals surface area contributed by atoms with Crippen LogP contribution in [0, 0.1) is 6.92 Å². The summed E-state index contributed by atoms with van der Waals surface area (Å²) >= 11 is 7.24. The summed E-state index contributed by atoms with van der Waals surface area (Å²) in [5, 5.41) is 17.9. The molecule has 0 aliphatic heterocycles. The maximum absolute atomic E-state index is 12.6. The van der Waals surface area contributed by atoms with Gasteiger partial charge in [-0.1, -0.05) is 35.5 Å². The first-order valence-electron chi connectivity index (χ1n) is 8.73. The molecule has 0 bridgehead atoms.